The minimum atomic E-state index is -1.25. The summed E-state index contributed by atoms with van der Waals surface area (Å²) in [5, 5.41) is 10.7. The van der Waals surface area contributed by atoms with E-state index in [0.29, 0.717) is 18.3 Å². The molecule has 4 bridgehead atoms. The summed E-state index contributed by atoms with van der Waals surface area (Å²) in [4.78, 5) is 38.0. The molecule has 0 aromatic rings. The fourth-order valence-electron chi connectivity index (χ4n) is 7.95. The van der Waals surface area contributed by atoms with Crippen molar-refractivity contribution in [3.05, 3.63) is 11.6 Å². The van der Waals surface area contributed by atoms with E-state index in [9.17, 15) is 19.5 Å². The Morgan fingerprint density at radius 2 is 2.04 bits per heavy atom. The molecular formula is C23H32O5. The van der Waals surface area contributed by atoms with Crippen LogP contribution in [0.5, 0.6) is 0 Å². The van der Waals surface area contributed by atoms with Crippen LogP contribution in [0.1, 0.15) is 59.8 Å². The van der Waals surface area contributed by atoms with Gasteiger partial charge in [-0.15, -0.1) is 0 Å². The van der Waals surface area contributed by atoms with E-state index in [2.05, 4.69) is 13.0 Å². The fraction of sp³-hybridized carbons (Fsp3) is 0.783. The number of aldehydes is 1. The second-order valence-electron chi connectivity index (χ2n) is 10.0. The Labute approximate surface area is 166 Å². The van der Waals surface area contributed by atoms with Gasteiger partial charge in [-0.05, 0) is 48.9 Å². The van der Waals surface area contributed by atoms with Crippen LogP contribution in [0.2, 0.25) is 0 Å². The van der Waals surface area contributed by atoms with E-state index in [-0.39, 0.29) is 36.8 Å². The van der Waals surface area contributed by atoms with Crippen LogP contribution in [-0.2, 0) is 19.1 Å². The molecule has 0 amide bonds. The van der Waals surface area contributed by atoms with Gasteiger partial charge in [0.2, 0.25) is 0 Å². The maximum atomic E-state index is 13.1. The first-order chi connectivity index (χ1) is 13.2. The summed E-state index contributed by atoms with van der Waals surface area (Å²) in [6.07, 6.45) is 6.67. The summed E-state index contributed by atoms with van der Waals surface area (Å²) in [7, 11) is 0. The van der Waals surface area contributed by atoms with Crippen molar-refractivity contribution >= 4 is 18.2 Å². The number of hydrogen-bond donors (Lipinski definition) is 1. The van der Waals surface area contributed by atoms with Crippen LogP contribution in [0, 0.1) is 45.8 Å². The van der Waals surface area contributed by atoms with Crippen LogP contribution in [0.4, 0.5) is 0 Å². The quantitative estimate of drug-likeness (QED) is 0.424. The number of carboxylic acids is 1. The van der Waals surface area contributed by atoms with Gasteiger partial charge in [0.15, 0.2) is 0 Å². The van der Waals surface area contributed by atoms with Gasteiger partial charge in [0.25, 0.3) is 0 Å². The SMILES string of the molecule is CCC(=O)OC[C@@]12C[C@@H]3[C@H](C)CC[C@H]3[C@@]3(C=O)C[C@@H]1C=C(C(C)C)[C@@]23C(=O)O. The largest absolute Gasteiger partial charge is 0.481 e. The number of ether oxygens (including phenoxy) is 1. The molecule has 0 aromatic heterocycles. The number of allylic oxidation sites excluding steroid dienone is 1. The number of esters is 1. The van der Waals surface area contributed by atoms with Gasteiger partial charge in [-0.2, -0.15) is 0 Å². The van der Waals surface area contributed by atoms with Crippen LogP contribution in [0.15, 0.2) is 11.6 Å². The van der Waals surface area contributed by atoms with E-state index in [0.717, 1.165) is 31.1 Å². The average molecular weight is 389 g/mol. The van der Waals surface area contributed by atoms with E-state index < -0.39 is 22.2 Å². The molecule has 3 saturated carbocycles. The van der Waals surface area contributed by atoms with E-state index in [1.165, 1.54) is 0 Å². The minimum absolute atomic E-state index is 0.0198. The molecule has 0 aromatic carbocycles. The average Bonchev–Trinajstić information content (AvgIpc) is 3.23. The number of carbonyl (C=O) groups excluding carboxylic acids is 2. The molecule has 4 rings (SSSR count). The summed E-state index contributed by atoms with van der Waals surface area (Å²) >= 11 is 0. The molecule has 0 spiro atoms. The van der Waals surface area contributed by atoms with Crippen molar-refractivity contribution < 1.29 is 24.2 Å². The molecule has 3 fully saturated rings. The Kier molecular flexibility index (Phi) is 4.33. The Balaban J connectivity index is 1.94. The Hall–Kier alpha value is -1.65. The predicted octanol–water partition coefficient (Wildman–Crippen LogP) is 3.86. The molecule has 4 aliphatic carbocycles. The molecule has 1 N–H and O–H groups in total. The van der Waals surface area contributed by atoms with Crippen molar-refractivity contribution in [1.29, 1.82) is 0 Å². The van der Waals surface area contributed by atoms with E-state index in [4.69, 9.17) is 4.74 Å². The van der Waals surface area contributed by atoms with Crippen molar-refractivity contribution in [2.75, 3.05) is 6.61 Å². The highest BCUT2D eigenvalue weighted by Gasteiger charge is 2.84. The zero-order chi connectivity index (χ0) is 20.5. The summed E-state index contributed by atoms with van der Waals surface area (Å²) in [5.74, 6) is -0.278. The molecule has 0 saturated heterocycles. The van der Waals surface area contributed by atoms with Crippen LogP contribution in [0.3, 0.4) is 0 Å². The molecule has 0 radical (unpaired) electrons. The summed E-state index contributed by atoms with van der Waals surface area (Å²) in [5.41, 5.74) is -1.96. The van der Waals surface area contributed by atoms with Gasteiger partial charge in [0.1, 0.15) is 11.7 Å². The first-order valence-corrected chi connectivity index (χ1v) is 10.8. The summed E-state index contributed by atoms with van der Waals surface area (Å²) in [6, 6.07) is 0. The smallest absolute Gasteiger partial charge is 0.315 e. The van der Waals surface area contributed by atoms with Crippen molar-refractivity contribution in [1.82, 2.24) is 0 Å². The first-order valence-electron chi connectivity index (χ1n) is 10.8. The summed E-state index contributed by atoms with van der Waals surface area (Å²) < 4.78 is 5.66. The minimum Gasteiger partial charge on any atom is -0.481 e. The second-order valence-corrected chi connectivity index (χ2v) is 10.0. The monoisotopic (exact) mass is 388 g/mol. The van der Waals surface area contributed by atoms with E-state index >= 15 is 0 Å². The van der Waals surface area contributed by atoms with Gasteiger partial charge in [0.05, 0.1) is 12.0 Å². The van der Waals surface area contributed by atoms with Crippen molar-refractivity contribution in [3.63, 3.8) is 0 Å². The van der Waals surface area contributed by atoms with Crippen molar-refractivity contribution in [2.45, 2.75) is 59.8 Å². The van der Waals surface area contributed by atoms with Crippen molar-refractivity contribution in [2.24, 2.45) is 45.8 Å². The van der Waals surface area contributed by atoms with Crippen LogP contribution in [0.25, 0.3) is 0 Å². The third-order valence-corrected chi connectivity index (χ3v) is 8.90. The molecule has 0 unspecified atom stereocenters. The maximum Gasteiger partial charge on any atom is 0.315 e. The number of carboxylic acid groups (broad SMARTS) is 1. The zero-order valence-corrected chi connectivity index (χ0v) is 17.4. The number of rotatable bonds is 6. The lowest BCUT2D eigenvalue weighted by atomic mass is 9.43. The lowest BCUT2D eigenvalue weighted by molar-refractivity contribution is -0.188. The van der Waals surface area contributed by atoms with E-state index in [1.807, 2.05) is 13.8 Å². The Morgan fingerprint density at radius 1 is 1.32 bits per heavy atom. The Bertz CT molecular complexity index is 754. The number of carbonyl (C=O) groups is 3. The molecule has 4 aliphatic rings. The first kappa shape index (κ1) is 19.7. The third-order valence-electron chi connectivity index (χ3n) is 8.90. The maximum absolute atomic E-state index is 13.1. The van der Waals surface area contributed by atoms with Gasteiger partial charge < -0.3 is 14.6 Å². The van der Waals surface area contributed by atoms with Gasteiger partial charge >= 0.3 is 11.9 Å². The number of aliphatic carboxylic acids is 1. The molecule has 28 heavy (non-hydrogen) atoms. The van der Waals surface area contributed by atoms with Crippen LogP contribution >= 0.6 is 0 Å². The lowest BCUT2D eigenvalue weighted by Crippen LogP contribution is -2.63. The molecular weight excluding hydrogens is 356 g/mol. The summed E-state index contributed by atoms with van der Waals surface area (Å²) in [6.45, 7) is 8.12. The highest BCUT2D eigenvalue weighted by molar-refractivity contribution is 5.90. The standard InChI is InChI=1S/C23H32O5/c1-5-19(25)28-12-22-10-16-14(4)6-7-17(16)21(11-24)9-15(22)8-18(13(2)3)23(21,22)20(26)27/h8,11,13-17H,5-7,9-10,12H2,1-4H3,(H,26,27)/t14-,15+,16-,17-,21+,22+,23+/m1/s1. The van der Waals surface area contributed by atoms with Gasteiger partial charge in [-0.1, -0.05) is 45.8 Å². The highest BCUT2D eigenvalue weighted by atomic mass is 16.5. The second kappa shape index (κ2) is 6.17. The van der Waals surface area contributed by atoms with E-state index in [1.54, 1.807) is 6.92 Å². The normalized spacial score (nSPS) is 45.7. The van der Waals surface area contributed by atoms with Crippen LogP contribution < -0.4 is 0 Å². The van der Waals surface area contributed by atoms with Crippen LogP contribution in [-0.4, -0.2) is 29.9 Å². The molecule has 7 atom stereocenters. The van der Waals surface area contributed by atoms with Gasteiger partial charge in [0, 0.05) is 11.8 Å². The van der Waals surface area contributed by atoms with Gasteiger partial charge in [-0.25, -0.2) is 0 Å². The topological polar surface area (TPSA) is 80.7 Å². The molecule has 154 valence electrons. The molecule has 5 nitrogen and oxygen atoms in total. The molecule has 0 heterocycles. The number of hydrogen-bond acceptors (Lipinski definition) is 4. The highest BCUT2D eigenvalue weighted by Crippen LogP contribution is 2.82. The molecule has 0 aliphatic heterocycles. The third kappa shape index (κ3) is 1.96. The van der Waals surface area contributed by atoms with Crippen molar-refractivity contribution in [3.8, 4) is 0 Å². The molecule has 5 heteroatoms. The number of fused-ring (bicyclic) bond motifs is 2. The zero-order valence-electron chi connectivity index (χ0n) is 17.4. The Morgan fingerprint density at radius 3 is 2.61 bits per heavy atom. The lowest BCUT2D eigenvalue weighted by Gasteiger charge is -2.58. The van der Waals surface area contributed by atoms with Gasteiger partial charge in [-0.3, -0.25) is 9.59 Å². The fourth-order valence-corrected chi connectivity index (χ4v) is 7.95. The predicted molar refractivity (Wildman–Crippen MR) is 103 cm³/mol.